The van der Waals surface area contributed by atoms with Crippen LogP contribution in [0.3, 0.4) is 0 Å². The van der Waals surface area contributed by atoms with Gasteiger partial charge in [-0.25, -0.2) is 0 Å². The maximum Gasteiger partial charge on any atom is 0.303 e. The van der Waals surface area contributed by atoms with Crippen molar-refractivity contribution in [3.63, 3.8) is 0 Å². The number of nitrogens with one attached hydrogen (secondary N) is 1. The van der Waals surface area contributed by atoms with Crippen LogP contribution < -0.4 is 5.32 Å². The molecule has 0 radical (unpaired) electrons. The number of amides is 1. The topological polar surface area (TPSA) is 124 Å². The summed E-state index contributed by atoms with van der Waals surface area (Å²) in [5.74, 6) is 1.35. The average Bonchev–Trinajstić information content (AvgIpc) is 3.22. The van der Waals surface area contributed by atoms with Gasteiger partial charge in [0.15, 0.2) is 0 Å². The highest BCUT2D eigenvalue weighted by molar-refractivity contribution is 5.85. The molecular formula is C51H77ClN2O5. The van der Waals surface area contributed by atoms with Gasteiger partial charge >= 0.3 is 5.97 Å². The molecular weight excluding hydrogens is 756 g/mol. The van der Waals surface area contributed by atoms with Crippen LogP contribution in [0.25, 0.3) is 0 Å². The Bertz CT molecular complexity index is 1510. The molecule has 8 heteroatoms. The maximum atomic E-state index is 11.4. The molecule has 0 aliphatic heterocycles. The van der Waals surface area contributed by atoms with Gasteiger partial charge in [-0.05, 0) is 93.7 Å². The molecule has 7 nitrogen and oxygen atoms in total. The van der Waals surface area contributed by atoms with Crippen molar-refractivity contribution in [1.29, 1.82) is 5.26 Å². The molecule has 3 unspecified atom stereocenters. The third-order valence-corrected chi connectivity index (χ3v) is 9.88. The second kappa shape index (κ2) is 39.2. The van der Waals surface area contributed by atoms with Crippen molar-refractivity contribution in [3.8, 4) is 6.07 Å². The van der Waals surface area contributed by atoms with Crippen LogP contribution in [0.5, 0.6) is 0 Å². The molecule has 3 aromatic carbocycles. The molecule has 0 saturated carbocycles. The SMILES string of the molecule is CC(=O)CNC(=O)CCCCCCC(C)c1ccccc1.CC(C)=O.CC(CCCCCCC#N)c1ccccc1.CC(CCCCCCC(=O)O)c1ccccc1.Cl. The number of aliphatic carboxylic acids is 1. The monoisotopic (exact) mass is 833 g/mol. The molecule has 3 rings (SSSR count). The Morgan fingerprint density at radius 3 is 1.19 bits per heavy atom. The van der Waals surface area contributed by atoms with E-state index in [9.17, 15) is 19.2 Å². The van der Waals surface area contributed by atoms with E-state index in [1.165, 1.54) is 88.8 Å². The lowest BCUT2D eigenvalue weighted by atomic mass is 9.95. The van der Waals surface area contributed by atoms with Gasteiger partial charge in [0.05, 0.1) is 12.6 Å². The number of benzene rings is 3. The minimum Gasteiger partial charge on any atom is -0.481 e. The van der Waals surface area contributed by atoms with Crippen molar-refractivity contribution >= 4 is 35.9 Å². The van der Waals surface area contributed by atoms with E-state index in [-0.39, 0.29) is 36.4 Å². The first-order valence-corrected chi connectivity index (χ1v) is 21.8. The Balaban J connectivity index is 0. The summed E-state index contributed by atoms with van der Waals surface area (Å²) in [6.45, 7) is 11.5. The van der Waals surface area contributed by atoms with Gasteiger partial charge in [-0.2, -0.15) is 5.26 Å². The predicted octanol–water partition coefficient (Wildman–Crippen LogP) is 13.7. The first-order valence-electron chi connectivity index (χ1n) is 21.8. The van der Waals surface area contributed by atoms with E-state index < -0.39 is 5.97 Å². The third kappa shape index (κ3) is 36.5. The number of rotatable bonds is 25. The van der Waals surface area contributed by atoms with Crippen LogP contribution in [-0.4, -0.2) is 35.1 Å². The number of hydrogen-bond donors (Lipinski definition) is 2. The van der Waals surface area contributed by atoms with Crippen LogP contribution in [0, 0.1) is 11.3 Å². The van der Waals surface area contributed by atoms with Gasteiger partial charge in [-0.3, -0.25) is 14.4 Å². The maximum absolute atomic E-state index is 11.4. The van der Waals surface area contributed by atoms with E-state index >= 15 is 0 Å². The van der Waals surface area contributed by atoms with Crippen LogP contribution in [-0.2, 0) is 19.2 Å². The molecule has 0 aromatic heterocycles. The van der Waals surface area contributed by atoms with Crippen LogP contribution in [0.2, 0.25) is 0 Å². The molecule has 328 valence electrons. The number of nitriles is 1. The Hall–Kier alpha value is -4.28. The quantitative estimate of drug-likeness (QED) is 0.0819. The number of nitrogens with zero attached hydrogens (tertiary/aromatic N) is 1. The van der Waals surface area contributed by atoms with Gasteiger partial charge in [0, 0.05) is 19.3 Å². The molecule has 0 saturated heterocycles. The molecule has 3 atom stereocenters. The summed E-state index contributed by atoms with van der Waals surface area (Å²) in [6, 6.07) is 34.1. The number of carbonyl (C=O) groups excluding carboxylic acids is 3. The molecule has 0 aliphatic carbocycles. The lowest BCUT2D eigenvalue weighted by Crippen LogP contribution is -2.27. The smallest absolute Gasteiger partial charge is 0.303 e. The Kier molecular flexibility index (Phi) is 37.7. The van der Waals surface area contributed by atoms with Crippen LogP contribution in [0.15, 0.2) is 91.0 Å². The summed E-state index contributed by atoms with van der Waals surface area (Å²) in [7, 11) is 0. The van der Waals surface area contributed by atoms with Gasteiger partial charge in [0.2, 0.25) is 5.91 Å². The van der Waals surface area contributed by atoms with Gasteiger partial charge in [0.25, 0.3) is 0 Å². The molecule has 0 heterocycles. The lowest BCUT2D eigenvalue weighted by molar-refractivity contribution is -0.137. The number of halogens is 1. The number of hydrogen-bond acceptors (Lipinski definition) is 5. The van der Waals surface area contributed by atoms with E-state index in [1.54, 1.807) is 0 Å². The van der Waals surface area contributed by atoms with Crippen molar-refractivity contribution in [1.82, 2.24) is 5.32 Å². The highest BCUT2D eigenvalue weighted by Gasteiger charge is 2.07. The summed E-state index contributed by atoms with van der Waals surface area (Å²) in [5, 5.41) is 19.5. The summed E-state index contributed by atoms with van der Waals surface area (Å²) < 4.78 is 0. The van der Waals surface area contributed by atoms with Crippen LogP contribution in [0.4, 0.5) is 0 Å². The Morgan fingerprint density at radius 1 is 0.542 bits per heavy atom. The van der Waals surface area contributed by atoms with Crippen molar-refractivity contribution in [2.75, 3.05) is 6.54 Å². The Morgan fingerprint density at radius 2 is 0.864 bits per heavy atom. The fourth-order valence-corrected chi connectivity index (χ4v) is 6.33. The number of carboxylic acid groups (broad SMARTS) is 1. The number of carbonyl (C=O) groups is 4. The zero-order chi connectivity index (χ0) is 43.2. The lowest BCUT2D eigenvalue weighted by Gasteiger charge is -2.11. The van der Waals surface area contributed by atoms with Gasteiger partial charge in [0.1, 0.15) is 11.6 Å². The van der Waals surface area contributed by atoms with Crippen molar-refractivity contribution in [2.45, 2.75) is 175 Å². The minimum absolute atomic E-state index is 0. The minimum atomic E-state index is -0.678. The largest absolute Gasteiger partial charge is 0.481 e. The van der Waals surface area contributed by atoms with E-state index in [2.05, 4.69) is 111 Å². The number of unbranched alkanes of at least 4 members (excludes halogenated alkanes) is 10. The second-order valence-corrected chi connectivity index (χ2v) is 15.7. The third-order valence-electron chi connectivity index (χ3n) is 9.88. The summed E-state index contributed by atoms with van der Waals surface area (Å²) in [5.41, 5.74) is 4.25. The zero-order valence-electron chi connectivity index (χ0n) is 37.3. The normalized spacial score (nSPS) is 11.5. The fourth-order valence-electron chi connectivity index (χ4n) is 6.33. The molecule has 0 spiro atoms. The molecule has 1 amide bonds. The zero-order valence-corrected chi connectivity index (χ0v) is 38.1. The summed E-state index contributed by atoms with van der Waals surface area (Å²) in [6.07, 6.45) is 18.5. The highest BCUT2D eigenvalue weighted by Crippen LogP contribution is 2.24. The van der Waals surface area contributed by atoms with E-state index in [1.807, 2.05) is 12.1 Å². The molecule has 0 fully saturated rings. The Labute approximate surface area is 364 Å². The first-order chi connectivity index (χ1) is 27.9. The standard InChI is InChI=1S/C18H27NO2.C15H21N.C15H22O2.C3H6O.ClH/c1-15(17-11-7-5-8-12-17)10-6-3-4-9-13-18(21)19-14-16(2)20;1-14(15-11-7-5-8-12-15)10-6-3-2-4-9-13-16;1-13(14-10-6-4-7-11-14)9-5-2-3-8-12-15(16)17;1-3(2)4;/h5,7-8,11-12,15H,3-4,6,9-10,13-14H2,1-2H3,(H,19,21);5,7-8,11-12,14H,2-4,6,9-10H2,1H3;4,6-7,10-11,13H,2-3,5,8-9,12H2,1H3,(H,16,17);1-2H3;1H. The van der Waals surface area contributed by atoms with E-state index in [4.69, 9.17) is 10.4 Å². The van der Waals surface area contributed by atoms with Crippen molar-refractivity contribution in [2.24, 2.45) is 0 Å². The molecule has 3 aromatic rings. The number of Topliss-reactive ketones (excluding diaryl/α,β-unsaturated/α-hetero) is 2. The molecule has 0 aliphatic rings. The highest BCUT2D eigenvalue weighted by atomic mass is 35.5. The van der Waals surface area contributed by atoms with Crippen molar-refractivity contribution in [3.05, 3.63) is 108 Å². The van der Waals surface area contributed by atoms with E-state index in [0.717, 1.165) is 44.9 Å². The van der Waals surface area contributed by atoms with Gasteiger partial charge in [-0.15, -0.1) is 12.4 Å². The van der Waals surface area contributed by atoms with E-state index in [0.29, 0.717) is 37.0 Å². The number of carboxylic acids is 1. The molecule has 59 heavy (non-hydrogen) atoms. The van der Waals surface area contributed by atoms with Crippen LogP contribution in [0.1, 0.15) is 192 Å². The van der Waals surface area contributed by atoms with Gasteiger partial charge < -0.3 is 15.2 Å². The van der Waals surface area contributed by atoms with Crippen molar-refractivity contribution < 1.29 is 24.3 Å². The second-order valence-electron chi connectivity index (χ2n) is 15.7. The summed E-state index contributed by atoms with van der Waals surface area (Å²) >= 11 is 0. The average molecular weight is 834 g/mol. The number of ketones is 2. The molecule has 2 N–H and O–H groups in total. The summed E-state index contributed by atoms with van der Waals surface area (Å²) in [4.78, 5) is 41.9. The predicted molar refractivity (Wildman–Crippen MR) is 248 cm³/mol. The van der Waals surface area contributed by atoms with Crippen LogP contribution >= 0.6 is 12.4 Å². The molecule has 0 bridgehead atoms. The fraction of sp³-hybridized carbons (Fsp3) is 0.549. The van der Waals surface area contributed by atoms with Gasteiger partial charge in [-0.1, -0.05) is 170 Å². The first kappa shape index (κ1) is 56.8.